The molecule has 3 nitrogen and oxygen atoms in total. The number of nitrogens with two attached hydrogens (primary N) is 1. The summed E-state index contributed by atoms with van der Waals surface area (Å²) in [6.07, 6.45) is 4.30. The predicted octanol–water partition coefficient (Wildman–Crippen LogP) is 0.376. The maximum Gasteiger partial charge on any atom is 0.169 e. The summed E-state index contributed by atoms with van der Waals surface area (Å²) in [7, 11) is 0. The van der Waals surface area contributed by atoms with Crippen LogP contribution in [0.3, 0.4) is 0 Å². The van der Waals surface area contributed by atoms with Crippen LogP contribution < -0.4 is 10.3 Å². The third kappa shape index (κ3) is 2.79. The molecule has 1 heterocycles. The van der Waals surface area contributed by atoms with Gasteiger partial charge in [-0.3, -0.25) is 0 Å². The predicted molar refractivity (Wildman–Crippen MR) is 50.9 cm³/mol. The Morgan fingerprint density at radius 1 is 1.46 bits per heavy atom. The van der Waals surface area contributed by atoms with Gasteiger partial charge in [0.2, 0.25) is 0 Å². The van der Waals surface area contributed by atoms with Gasteiger partial charge in [0.05, 0.1) is 12.6 Å². The fraction of sp³-hybridized carbons (Fsp3) is 0.500. The Labute approximate surface area is 78.8 Å². The molecule has 1 atom stereocenters. The molecule has 1 rings (SSSR count). The van der Waals surface area contributed by atoms with Crippen LogP contribution in [0.25, 0.3) is 0 Å². The molecule has 0 aliphatic heterocycles. The molecule has 1 unspecified atom stereocenters. The smallest absolute Gasteiger partial charge is 0.169 e. The summed E-state index contributed by atoms with van der Waals surface area (Å²) in [5, 5.41) is 9.52. The van der Waals surface area contributed by atoms with Crippen LogP contribution in [0.1, 0.15) is 25.0 Å². The van der Waals surface area contributed by atoms with E-state index in [0.29, 0.717) is 6.54 Å². The number of aliphatic hydroxyl groups excluding tert-OH is 1. The molecule has 0 saturated heterocycles. The third-order valence-corrected chi connectivity index (χ3v) is 2.08. The second kappa shape index (κ2) is 4.94. The average molecular weight is 181 g/mol. The van der Waals surface area contributed by atoms with Gasteiger partial charge in [-0.05, 0) is 12.0 Å². The zero-order valence-corrected chi connectivity index (χ0v) is 7.98. The van der Waals surface area contributed by atoms with Gasteiger partial charge in [0.25, 0.3) is 0 Å². The molecule has 0 saturated carbocycles. The minimum absolute atomic E-state index is 0.340. The average Bonchev–Trinajstić information content (AvgIpc) is 2.18. The van der Waals surface area contributed by atoms with Gasteiger partial charge >= 0.3 is 0 Å². The van der Waals surface area contributed by atoms with Gasteiger partial charge in [-0.2, -0.15) is 0 Å². The Balaban J connectivity index is 2.69. The lowest BCUT2D eigenvalue weighted by Gasteiger charge is -2.05. The lowest BCUT2D eigenvalue weighted by molar-refractivity contribution is -0.694. The number of nitrogens with zero attached hydrogens (tertiary/aromatic N) is 1. The quantitative estimate of drug-likeness (QED) is 0.660. The largest absolute Gasteiger partial charge is 0.388 e. The highest BCUT2D eigenvalue weighted by molar-refractivity contribution is 5.10. The number of pyridine rings is 1. The number of aromatic nitrogens is 1. The van der Waals surface area contributed by atoms with Crippen molar-refractivity contribution in [1.82, 2.24) is 0 Å². The van der Waals surface area contributed by atoms with Gasteiger partial charge in [-0.15, -0.1) is 0 Å². The summed E-state index contributed by atoms with van der Waals surface area (Å²) in [6, 6.07) is 3.87. The van der Waals surface area contributed by atoms with Crippen molar-refractivity contribution in [3.63, 3.8) is 0 Å². The molecule has 0 fully saturated rings. The van der Waals surface area contributed by atoms with E-state index in [2.05, 4.69) is 0 Å². The Kier molecular flexibility index (Phi) is 3.86. The van der Waals surface area contributed by atoms with Crippen molar-refractivity contribution in [2.24, 2.45) is 5.73 Å². The van der Waals surface area contributed by atoms with Crippen LogP contribution >= 0.6 is 0 Å². The van der Waals surface area contributed by atoms with Crippen molar-refractivity contribution >= 4 is 0 Å². The highest BCUT2D eigenvalue weighted by Gasteiger charge is 2.06. The van der Waals surface area contributed by atoms with Crippen LogP contribution in [-0.2, 0) is 6.54 Å². The molecule has 72 valence electrons. The van der Waals surface area contributed by atoms with Gasteiger partial charge in [0.1, 0.15) is 0 Å². The minimum Gasteiger partial charge on any atom is -0.388 e. The van der Waals surface area contributed by atoms with Gasteiger partial charge in [-0.1, -0.05) is 6.92 Å². The van der Waals surface area contributed by atoms with Crippen LogP contribution in [-0.4, -0.2) is 11.7 Å². The molecule has 1 aromatic heterocycles. The van der Waals surface area contributed by atoms with Crippen molar-refractivity contribution < 1.29 is 9.67 Å². The Hall–Kier alpha value is -0.930. The van der Waals surface area contributed by atoms with Crippen LogP contribution in [0.2, 0.25) is 0 Å². The van der Waals surface area contributed by atoms with E-state index in [4.69, 9.17) is 5.73 Å². The Morgan fingerprint density at radius 3 is 2.54 bits per heavy atom. The maximum atomic E-state index is 9.52. The number of hydrogen-bond donors (Lipinski definition) is 2. The second-order valence-electron chi connectivity index (χ2n) is 3.08. The SMILES string of the molecule is CCC(O)c1cc[n+](CCN)cc1. The highest BCUT2D eigenvalue weighted by Crippen LogP contribution is 2.13. The van der Waals surface area contributed by atoms with Crippen LogP contribution in [0.4, 0.5) is 0 Å². The van der Waals surface area contributed by atoms with E-state index in [1.54, 1.807) is 0 Å². The first-order chi connectivity index (χ1) is 6.27. The van der Waals surface area contributed by atoms with Crippen molar-refractivity contribution in [2.75, 3.05) is 6.54 Å². The molecule has 3 heteroatoms. The lowest BCUT2D eigenvalue weighted by Crippen LogP contribution is -2.36. The fourth-order valence-electron chi connectivity index (χ4n) is 1.22. The first-order valence-electron chi connectivity index (χ1n) is 4.65. The van der Waals surface area contributed by atoms with E-state index in [1.807, 2.05) is 36.0 Å². The molecule has 0 aromatic carbocycles. The normalized spacial score (nSPS) is 12.8. The molecular formula is C10H17N2O+. The van der Waals surface area contributed by atoms with Crippen molar-refractivity contribution in [1.29, 1.82) is 0 Å². The molecular weight excluding hydrogens is 164 g/mol. The fourth-order valence-corrected chi connectivity index (χ4v) is 1.22. The summed E-state index contributed by atoms with van der Waals surface area (Å²) in [6.45, 7) is 3.43. The van der Waals surface area contributed by atoms with E-state index in [0.717, 1.165) is 18.5 Å². The summed E-state index contributed by atoms with van der Waals surface area (Å²) in [4.78, 5) is 0. The first-order valence-corrected chi connectivity index (χ1v) is 4.65. The van der Waals surface area contributed by atoms with Crippen LogP contribution in [0, 0.1) is 0 Å². The Bertz CT molecular complexity index is 246. The molecule has 0 aliphatic carbocycles. The zero-order chi connectivity index (χ0) is 9.68. The minimum atomic E-state index is -0.340. The van der Waals surface area contributed by atoms with Gasteiger partial charge in [0, 0.05) is 12.1 Å². The van der Waals surface area contributed by atoms with Crippen molar-refractivity contribution in [2.45, 2.75) is 26.0 Å². The van der Waals surface area contributed by atoms with Crippen molar-refractivity contribution in [3.05, 3.63) is 30.1 Å². The summed E-state index contributed by atoms with van der Waals surface area (Å²) >= 11 is 0. The summed E-state index contributed by atoms with van der Waals surface area (Å²) in [5.41, 5.74) is 6.38. The maximum absolute atomic E-state index is 9.52. The molecule has 3 N–H and O–H groups in total. The topological polar surface area (TPSA) is 50.1 Å². The number of rotatable bonds is 4. The molecule has 0 amide bonds. The first kappa shape index (κ1) is 10.2. The number of hydrogen-bond acceptors (Lipinski definition) is 2. The molecule has 1 aromatic rings. The molecule has 0 radical (unpaired) electrons. The van der Waals surface area contributed by atoms with Crippen LogP contribution in [0.15, 0.2) is 24.5 Å². The van der Waals surface area contributed by atoms with Gasteiger partial charge in [0.15, 0.2) is 18.9 Å². The standard InChI is InChI=1S/C10H17N2O/c1-2-10(13)9-3-6-12(7-4-9)8-5-11/h3-4,6-7,10,13H,2,5,8,11H2,1H3/q+1. The molecule has 0 aliphatic rings. The van der Waals surface area contributed by atoms with E-state index in [9.17, 15) is 5.11 Å². The molecule has 13 heavy (non-hydrogen) atoms. The lowest BCUT2D eigenvalue weighted by atomic mass is 10.1. The van der Waals surface area contributed by atoms with Crippen LogP contribution in [0.5, 0.6) is 0 Å². The Morgan fingerprint density at radius 2 is 2.08 bits per heavy atom. The zero-order valence-electron chi connectivity index (χ0n) is 7.98. The summed E-state index contributed by atoms with van der Waals surface area (Å²) in [5.74, 6) is 0. The van der Waals surface area contributed by atoms with Gasteiger partial charge in [-0.25, -0.2) is 4.57 Å². The summed E-state index contributed by atoms with van der Waals surface area (Å²) < 4.78 is 2.01. The second-order valence-corrected chi connectivity index (χ2v) is 3.08. The molecule has 0 spiro atoms. The van der Waals surface area contributed by atoms with E-state index >= 15 is 0 Å². The molecule has 0 bridgehead atoms. The monoisotopic (exact) mass is 181 g/mol. The van der Waals surface area contributed by atoms with E-state index in [-0.39, 0.29) is 6.10 Å². The highest BCUT2D eigenvalue weighted by atomic mass is 16.3. The van der Waals surface area contributed by atoms with Crippen molar-refractivity contribution in [3.8, 4) is 0 Å². The van der Waals surface area contributed by atoms with E-state index < -0.39 is 0 Å². The number of aliphatic hydroxyl groups is 1. The van der Waals surface area contributed by atoms with Gasteiger partial charge < -0.3 is 10.8 Å². The third-order valence-electron chi connectivity index (χ3n) is 2.08. The van der Waals surface area contributed by atoms with E-state index in [1.165, 1.54) is 0 Å².